The van der Waals surface area contributed by atoms with Gasteiger partial charge in [0.1, 0.15) is 5.75 Å². The van der Waals surface area contributed by atoms with Gasteiger partial charge >= 0.3 is 5.97 Å². The molecule has 1 N–H and O–H groups in total. The lowest BCUT2D eigenvalue weighted by Crippen LogP contribution is -2.59. The fraction of sp³-hybridized carbons (Fsp3) is 0.407. The highest BCUT2D eigenvalue weighted by atomic mass is 32.1. The molecule has 0 unspecified atom stereocenters. The van der Waals surface area contributed by atoms with Crippen LogP contribution in [0.3, 0.4) is 0 Å². The zero-order valence-electron chi connectivity index (χ0n) is 21.4. The molecule has 0 bridgehead atoms. The Morgan fingerprint density at radius 2 is 1.78 bits per heavy atom. The van der Waals surface area contributed by atoms with E-state index in [0.717, 1.165) is 15.8 Å². The molecule has 0 saturated carbocycles. The number of benzene rings is 2. The molecule has 2 aliphatic rings. The van der Waals surface area contributed by atoms with Crippen LogP contribution in [0.4, 0.5) is 5.13 Å². The first-order chi connectivity index (χ1) is 17.6. The second kappa shape index (κ2) is 9.42. The summed E-state index contributed by atoms with van der Waals surface area (Å²) in [5, 5.41) is 10.1. The highest BCUT2D eigenvalue weighted by molar-refractivity contribution is 7.22. The normalized spacial score (nSPS) is 16.5. The highest BCUT2D eigenvalue weighted by Gasteiger charge is 2.47. The third-order valence-corrected chi connectivity index (χ3v) is 8.61. The minimum Gasteiger partial charge on any atom is -0.496 e. The van der Waals surface area contributed by atoms with E-state index in [1.807, 2.05) is 38.4 Å². The number of likely N-dealkylation sites (N-methyl/N-ethyl adjacent to an activating group) is 1. The average Bonchev–Trinajstić information content (AvgIpc) is 3.41. The van der Waals surface area contributed by atoms with Gasteiger partial charge in [-0.15, -0.1) is 0 Å². The van der Waals surface area contributed by atoms with Crippen molar-refractivity contribution in [3.8, 4) is 5.75 Å². The van der Waals surface area contributed by atoms with Crippen molar-refractivity contribution in [3.05, 3.63) is 53.1 Å². The zero-order valence-corrected chi connectivity index (χ0v) is 22.2. The summed E-state index contributed by atoms with van der Waals surface area (Å²) in [6.07, 6.45) is 0.492. The number of carboxylic acids is 1. The van der Waals surface area contributed by atoms with Crippen LogP contribution in [0.1, 0.15) is 27.9 Å². The molecule has 0 spiro atoms. The van der Waals surface area contributed by atoms with Crippen molar-refractivity contribution in [2.45, 2.75) is 25.3 Å². The first-order valence-corrected chi connectivity index (χ1v) is 12.9. The Balaban J connectivity index is 1.43. The predicted molar refractivity (Wildman–Crippen MR) is 141 cm³/mol. The molecule has 5 rings (SSSR count). The summed E-state index contributed by atoms with van der Waals surface area (Å²) in [6.45, 7) is 1.31. The van der Waals surface area contributed by atoms with E-state index in [4.69, 9.17) is 4.74 Å². The molecule has 10 heteroatoms. The minimum absolute atomic E-state index is 0.111. The van der Waals surface area contributed by atoms with Crippen molar-refractivity contribution in [1.29, 1.82) is 0 Å². The van der Waals surface area contributed by atoms with Gasteiger partial charge in [0, 0.05) is 32.2 Å². The van der Waals surface area contributed by atoms with E-state index in [1.54, 1.807) is 24.1 Å². The maximum atomic E-state index is 13.8. The monoisotopic (exact) mass is 522 g/mol. The number of carbonyl (C=O) groups is 3. The maximum Gasteiger partial charge on any atom is 0.304 e. The smallest absolute Gasteiger partial charge is 0.304 e. The summed E-state index contributed by atoms with van der Waals surface area (Å²) in [5.41, 5.74) is 1.97. The maximum absolute atomic E-state index is 13.8. The Hall–Kier alpha value is -3.50. The number of rotatable bonds is 7. The van der Waals surface area contributed by atoms with Crippen LogP contribution in [-0.4, -0.2) is 85.1 Å². The Morgan fingerprint density at radius 3 is 2.35 bits per heavy atom. The number of likely N-dealkylation sites (tertiary alicyclic amines) is 1. The molecule has 0 atom stereocenters. The van der Waals surface area contributed by atoms with Gasteiger partial charge in [-0.05, 0) is 44.1 Å². The number of hydrogen-bond donors (Lipinski definition) is 1. The van der Waals surface area contributed by atoms with Crippen molar-refractivity contribution in [2.24, 2.45) is 5.41 Å². The molecule has 194 valence electrons. The number of carbonyl (C=O) groups excluding carboxylic acids is 2. The molecule has 1 aliphatic heterocycles. The van der Waals surface area contributed by atoms with Crippen LogP contribution in [0, 0.1) is 5.41 Å². The van der Waals surface area contributed by atoms with E-state index in [9.17, 15) is 19.5 Å². The number of ether oxygens (including phenoxy) is 1. The summed E-state index contributed by atoms with van der Waals surface area (Å²) in [7, 11) is 7.16. The number of anilines is 1. The summed E-state index contributed by atoms with van der Waals surface area (Å²) in [6, 6.07) is 11.6. The van der Waals surface area contributed by atoms with Crippen LogP contribution >= 0.6 is 11.3 Å². The Bertz CT molecular complexity index is 1370. The van der Waals surface area contributed by atoms with E-state index < -0.39 is 11.4 Å². The first-order valence-electron chi connectivity index (χ1n) is 12.1. The second-order valence-corrected chi connectivity index (χ2v) is 11.2. The van der Waals surface area contributed by atoms with E-state index in [1.165, 1.54) is 23.3 Å². The fourth-order valence-corrected chi connectivity index (χ4v) is 6.25. The average molecular weight is 523 g/mol. The van der Waals surface area contributed by atoms with Gasteiger partial charge in [0.2, 0.25) is 5.91 Å². The van der Waals surface area contributed by atoms with Crippen molar-refractivity contribution in [3.63, 3.8) is 0 Å². The van der Waals surface area contributed by atoms with Gasteiger partial charge in [0.05, 0.1) is 34.7 Å². The molecular formula is C27H30N4O5S. The summed E-state index contributed by atoms with van der Waals surface area (Å²) in [4.78, 5) is 48.8. The zero-order chi connectivity index (χ0) is 26.5. The van der Waals surface area contributed by atoms with E-state index in [-0.39, 0.29) is 18.2 Å². The summed E-state index contributed by atoms with van der Waals surface area (Å²) in [5.74, 6) is -0.929. The van der Waals surface area contributed by atoms with Crippen molar-refractivity contribution in [2.75, 3.05) is 46.2 Å². The molecule has 2 heterocycles. The number of amides is 2. The Kier molecular flexibility index (Phi) is 6.41. The van der Waals surface area contributed by atoms with E-state index in [2.05, 4.69) is 9.88 Å². The largest absolute Gasteiger partial charge is 0.496 e. The SMILES string of the molecule is COc1cc2sc(N(C)C(=O)C3(CC(=O)O)Cc4ccccc4C3)nc2cc1C(=O)N1CC(N(C)C)C1. The van der Waals surface area contributed by atoms with Gasteiger partial charge < -0.3 is 19.6 Å². The summed E-state index contributed by atoms with van der Waals surface area (Å²) < 4.78 is 6.31. The molecule has 0 radical (unpaired) electrons. The molecule has 37 heavy (non-hydrogen) atoms. The number of thiazole rings is 1. The Labute approximate surface area is 219 Å². The lowest BCUT2D eigenvalue weighted by atomic mass is 9.80. The van der Waals surface area contributed by atoms with Crippen LogP contribution in [0.15, 0.2) is 36.4 Å². The van der Waals surface area contributed by atoms with Crippen LogP contribution in [0.2, 0.25) is 0 Å². The molecule has 1 fully saturated rings. The molecule has 1 saturated heterocycles. The molecule has 1 aromatic heterocycles. The van der Waals surface area contributed by atoms with Crippen LogP contribution in [-0.2, 0) is 22.4 Å². The third kappa shape index (κ3) is 4.44. The van der Waals surface area contributed by atoms with Crippen molar-refractivity contribution >= 4 is 44.5 Å². The lowest BCUT2D eigenvalue weighted by molar-refractivity contribution is -0.144. The Morgan fingerprint density at radius 1 is 1.14 bits per heavy atom. The van der Waals surface area contributed by atoms with Gasteiger partial charge in [-0.3, -0.25) is 19.3 Å². The molecule has 9 nitrogen and oxygen atoms in total. The number of fused-ring (bicyclic) bond motifs is 2. The summed E-state index contributed by atoms with van der Waals surface area (Å²) >= 11 is 1.31. The van der Waals surface area contributed by atoms with Crippen molar-refractivity contribution < 1.29 is 24.2 Å². The predicted octanol–water partition coefficient (Wildman–Crippen LogP) is 2.91. The number of hydrogen-bond acceptors (Lipinski definition) is 7. The van der Waals surface area contributed by atoms with E-state index in [0.29, 0.717) is 53.9 Å². The fourth-order valence-electron chi connectivity index (χ4n) is 5.32. The second-order valence-electron chi connectivity index (χ2n) is 10.2. The number of nitrogens with zero attached hydrogens (tertiary/aromatic N) is 4. The highest BCUT2D eigenvalue weighted by Crippen LogP contribution is 2.43. The van der Waals surface area contributed by atoms with Crippen LogP contribution in [0.5, 0.6) is 5.75 Å². The number of aliphatic carboxylic acids is 1. The van der Waals surface area contributed by atoms with Crippen LogP contribution in [0.25, 0.3) is 10.2 Å². The quantitative estimate of drug-likeness (QED) is 0.509. The molecule has 2 aromatic carbocycles. The van der Waals surface area contributed by atoms with Gasteiger partial charge in [0.15, 0.2) is 5.13 Å². The molecule has 3 aromatic rings. The number of methoxy groups -OCH3 is 1. The third-order valence-electron chi connectivity index (χ3n) is 7.52. The van der Waals surface area contributed by atoms with Crippen molar-refractivity contribution in [1.82, 2.24) is 14.8 Å². The lowest BCUT2D eigenvalue weighted by Gasteiger charge is -2.42. The van der Waals surface area contributed by atoms with Crippen LogP contribution < -0.4 is 9.64 Å². The molecular weight excluding hydrogens is 492 g/mol. The van der Waals surface area contributed by atoms with Gasteiger partial charge in [-0.1, -0.05) is 35.6 Å². The van der Waals surface area contributed by atoms with E-state index >= 15 is 0 Å². The topological polar surface area (TPSA) is 103 Å². The van der Waals surface area contributed by atoms with Gasteiger partial charge in [0.25, 0.3) is 5.91 Å². The molecule has 1 aliphatic carbocycles. The molecule has 2 amide bonds. The minimum atomic E-state index is -1.07. The van der Waals surface area contributed by atoms with Gasteiger partial charge in [-0.2, -0.15) is 0 Å². The first kappa shape index (κ1) is 25.2. The number of aromatic nitrogens is 1. The standard InChI is InChI=1S/C27H30N4O5S/c1-29(2)18-14-31(15-18)24(34)19-9-20-22(10-21(19)36-4)37-26(28-20)30(3)25(35)27(13-23(32)33)11-16-7-5-6-8-17(16)12-27/h5-10,18H,11-15H2,1-4H3,(H,32,33). The number of carboxylic acid groups (broad SMARTS) is 1. The van der Waals surface area contributed by atoms with Gasteiger partial charge in [-0.25, -0.2) is 4.98 Å².